The molecule has 7 nitrogen and oxygen atoms in total. The van der Waals surface area contributed by atoms with Gasteiger partial charge in [-0.3, -0.25) is 19.2 Å². The molecule has 0 bridgehead atoms. The summed E-state index contributed by atoms with van der Waals surface area (Å²) in [7, 11) is 1.80. The van der Waals surface area contributed by atoms with Crippen LogP contribution < -0.4 is 4.90 Å². The first-order valence-corrected chi connectivity index (χ1v) is 8.82. The van der Waals surface area contributed by atoms with Crippen LogP contribution in [0.4, 0.5) is 5.69 Å². The minimum absolute atomic E-state index is 0.0632. The van der Waals surface area contributed by atoms with Gasteiger partial charge in [-0.1, -0.05) is 18.2 Å². The lowest BCUT2D eigenvalue weighted by molar-refractivity contribution is -0.137. The Bertz CT molecular complexity index is 759. The number of para-hydroxylation sites is 1. The van der Waals surface area contributed by atoms with Crippen LogP contribution in [-0.4, -0.2) is 58.3 Å². The van der Waals surface area contributed by atoms with E-state index in [0.29, 0.717) is 6.54 Å². The summed E-state index contributed by atoms with van der Waals surface area (Å²) in [6.45, 7) is 1.90. The molecule has 2 heterocycles. The van der Waals surface area contributed by atoms with Crippen LogP contribution in [-0.2, 0) is 16.1 Å². The van der Waals surface area contributed by atoms with Crippen molar-refractivity contribution in [3.63, 3.8) is 0 Å². The van der Waals surface area contributed by atoms with Gasteiger partial charge in [0, 0.05) is 31.4 Å². The van der Waals surface area contributed by atoms with Gasteiger partial charge in [-0.2, -0.15) is 5.10 Å². The van der Waals surface area contributed by atoms with Gasteiger partial charge in [0.05, 0.1) is 12.2 Å². The van der Waals surface area contributed by atoms with Crippen LogP contribution in [0, 0.1) is 0 Å². The van der Waals surface area contributed by atoms with Crippen LogP contribution in [0.25, 0.3) is 0 Å². The molecule has 138 valence electrons. The number of hydrogen-bond acceptors (Lipinski definition) is 4. The average Bonchev–Trinajstić information content (AvgIpc) is 3.10. The summed E-state index contributed by atoms with van der Waals surface area (Å²) >= 11 is 0. The molecule has 2 aromatic rings. The van der Waals surface area contributed by atoms with Crippen molar-refractivity contribution in [3.8, 4) is 0 Å². The Labute approximate surface area is 152 Å². The molecule has 0 saturated carbocycles. The van der Waals surface area contributed by atoms with E-state index in [1.807, 2.05) is 36.4 Å². The van der Waals surface area contributed by atoms with E-state index in [0.717, 1.165) is 37.3 Å². The van der Waals surface area contributed by atoms with E-state index in [2.05, 4.69) is 10.00 Å². The van der Waals surface area contributed by atoms with Crippen molar-refractivity contribution in [2.45, 2.75) is 25.3 Å². The molecule has 3 rings (SSSR count). The van der Waals surface area contributed by atoms with E-state index < -0.39 is 5.97 Å². The predicted molar refractivity (Wildman–Crippen MR) is 98.1 cm³/mol. The van der Waals surface area contributed by atoms with E-state index in [9.17, 15) is 9.59 Å². The van der Waals surface area contributed by atoms with Gasteiger partial charge in [-0.25, -0.2) is 0 Å². The number of carbonyl (C=O) groups excluding carboxylic acids is 1. The zero-order valence-corrected chi connectivity index (χ0v) is 14.9. The van der Waals surface area contributed by atoms with Gasteiger partial charge in [0.25, 0.3) is 0 Å². The molecule has 1 N–H and O–H groups in total. The van der Waals surface area contributed by atoms with Crippen molar-refractivity contribution in [3.05, 3.63) is 48.3 Å². The van der Waals surface area contributed by atoms with Gasteiger partial charge in [0.1, 0.15) is 6.54 Å². The largest absolute Gasteiger partial charge is 0.480 e. The fourth-order valence-corrected chi connectivity index (χ4v) is 3.36. The van der Waals surface area contributed by atoms with Crippen LogP contribution in [0.2, 0.25) is 0 Å². The topological polar surface area (TPSA) is 78.7 Å². The molecule has 0 radical (unpaired) electrons. The molecule has 0 unspecified atom stereocenters. The number of rotatable bonds is 6. The number of hydrogen-bond donors (Lipinski definition) is 1. The van der Waals surface area contributed by atoms with Crippen LogP contribution in [0.1, 0.15) is 24.5 Å². The van der Waals surface area contributed by atoms with Gasteiger partial charge in [-0.15, -0.1) is 0 Å². The number of carboxylic acids is 1. The first kappa shape index (κ1) is 18.1. The predicted octanol–water partition coefficient (Wildman–Crippen LogP) is 1.81. The number of nitrogens with zero attached hydrogens (tertiary/aromatic N) is 4. The molecule has 1 saturated heterocycles. The van der Waals surface area contributed by atoms with Crippen LogP contribution in [0.3, 0.4) is 0 Å². The lowest BCUT2D eigenvalue weighted by Crippen LogP contribution is -2.42. The third-order valence-corrected chi connectivity index (χ3v) is 4.76. The van der Waals surface area contributed by atoms with E-state index in [1.165, 1.54) is 4.68 Å². The molecule has 0 aliphatic carbocycles. The quantitative estimate of drug-likeness (QED) is 0.854. The standard InChI is InChI=1S/C19H24N4O3/c1-21(16-7-3-2-4-8-16)18(24)13-22-10-5-6-15(12-22)17-9-11-23(20-17)14-19(25)26/h2-4,7-9,11,15H,5-6,10,12-14H2,1H3,(H,25,26)/t15-/m0/s1. The molecule has 1 fully saturated rings. The normalized spacial score (nSPS) is 17.8. The summed E-state index contributed by atoms with van der Waals surface area (Å²) in [5, 5.41) is 13.2. The number of likely N-dealkylation sites (tertiary alicyclic amines) is 1. The molecular formula is C19H24N4O3. The Morgan fingerprint density at radius 3 is 2.73 bits per heavy atom. The van der Waals surface area contributed by atoms with Crippen molar-refractivity contribution >= 4 is 17.6 Å². The number of likely N-dealkylation sites (N-methyl/N-ethyl adjacent to an activating group) is 1. The van der Waals surface area contributed by atoms with Gasteiger partial charge in [-0.05, 0) is 37.6 Å². The zero-order chi connectivity index (χ0) is 18.5. The second-order valence-corrected chi connectivity index (χ2v) is 6.69. The molecule has 1 atom stereocenters. The summed E-state index contributed by atoms with van der Waals surface area (Å²) in [4.78, 5) is 27.2. The highest BCUT2D eigenvalue weighted by molar-refractivity contribution is 5.94. The van der Waals surface area contributed by atoms with Crippen LogP contribution in [0.15, 0.2) is 42.6 Å². The van der Waals surface area contributed by atoms with Crippen molar-refractivity contribution in [1.29, 1.82) is 0 Å². The highest BCUT2D eigenvalue weighted by Crippen LogP contribution is 2.25. The lowest BCUT2D eigenvalue weighted by atomic mass is 9.95. The minimum Gasteiger partial charge on any atom is -0.480 e. The van der Waals surface area contributed by atoms with E-state index >= 15 is 0 Å². The number of amides is 1. The monoisotopic (exact) mass is 356 g/mol. The van der Waals surface area contributed by atoms with Crippen LogP contribution in [0.5, 0.6) is 0 Å². The number of benzene rings is 1. The van der Waals surface area contributed by atoms with Crippen LogP contribution >= 0.6 is 0 Å². The third kappa shape index (κ3) is 4.49. The Hall–Kier alpha value is -2.67. The molecule has 1 aromatic heterocycles. The SMILES string of the molecule is CN(C(=O)CN1CCC[C@H](c2ccn(CC(=O)O)n2)C1)c1ccccc1. The second-order valence-electron chi connectivity index (χ2n) is 6.69. The Kier molecular flexibility index (Phi) is 5.68. The maximum atomic E-state index is 12.6. The number of aromatic nitrogens is 2. The van der Waals surface area contributed by atoms with Crippen molar-refractivity contribution in [1.82, 2.24) is 14.7 Å². The van der Waals surface area contributed by atoms with Gasteiger partial charge in [0.15, 0.2) is 0 Å². The second kappa shape index (κ2) is 8.14. The van der Waals surface area contributed by atoms with E-state index in [-0.39, 0.29) is 18.4 Å². The average molecular weight is 356 g/mol. The Morgan fingerprint density at radius 1 is 1.23 bits per heavy atom. The molecule has 1 aromatic carbocycles. The van der Waals surface area contributed by atoms with Gasteiger partial charge in [0.2, 0.25) is 5.91 Å². The molecule has 1 aliphatic rings. The number of carboxylic acid groups (broad SMARTS) is 1. The molecule has 26 heavy (non-hydrogen) atoms. The van der Waals surface area contributed by atoms with Crippen molar-refractivity contribution in [2.75, 3.05) is 31.6 Å². The third-order valence-electron chi connectivity index (χ3n) is 4.76. The summed E-state index contributed by atoms with van der Waals surface area (Å²) < 4.78 is 1.45. The van der Waals surface area contributed by atoms with Gasteiger partial charge < -0.3 is 10.0 Å². The highest BCUT2D eigenvalue weighted by Gasteiger charge is 2.25. The molecular weight excluding hydrogens is 332 g/mol. The maximum absolute atomic E-state index is 12.6. The minimum atomic E-state index is -0.903. The van der Waals surface area contributed by atoms with Gasteiger partial charge >= 0.3 is 5.97 Å². The van der Waals surface area contributed by atoms with Crippen molar-refractivity contribution < 1.29 is 14.7 Å². The van der Waals surface area contributed by atoms with E-state index in [1.54, 1.807) is 18.1 Å². The number of carbonyl (C=O) groups is 2. The fourth-order valence-electron chi connectivity index (χ4n) is 3.36. The maximum Gasteiger partial charge on any atom is 0.325 e. The molecule has 7 heteroatoms. The Balaban J connectivity index is 1.59. The first-order valence-electron chi connectivity index (χ1n) is 8.82. The van der Waals surface area contributed by atoms with Crippen molar-refractivity contribution in [2.24, 2.45) is 0 Å². The van der Waals surface area contributed by atoms with E-state index in [4.69, 9.17) is 5.11 Å². The first-order chi connectivity index (χ1) is 12.5. The zero-order valence-electron chi connectivity index (χ0n) is 14.9. The summed E-state index contributed by atoms with van der Waals surface area (Å²) in [6.07, 6.45) is 3.71. The molecule has 1 amide bonds. The molecule has 1 aliphatic heterocycles. The molecule has 0 spiro atoms. The summed E-state index contributed by atoms with van der Waals surface area (Å²) in [5.41, 5.74) is 1.79. The Morgan fingerprint density at radius 2 is 2.00 bits per heavy atom. The summed E-state index contributed by atoms with van der Waals surface area (Å²) in [5.74, 6) is -0.610. The lowest BCUT2D eigenvalue weighted by Gasteiger charge is -2.32. The smallest absolute Gasteiger partial charge is 0.325 e. The number of aliphatic carboxylic acids is 1. The number of anilines is 1. The fraction of sp³-hybridized carbons (Fsp3) is 0.421. The number of piperidine rings is 1. The highest BCUT2D eigenvalue weighted by atomic mass is 16.4. The summed E-state index contributed by atoms with van der Waals surface area (Å²) in [6, 6.07) is 11.5.